The van der Waals surface area contributed by atoms with Gasteiger partial charge in [-0.05, 0) is 72.5 Å². The van der Waals surface area contributed by atoms with Crippen LogP contribution >= 0.6 is 0 Å². The van der Waals surface area contributed by atoms with Crippen LogP contribution in [0.1, 0.15) is 29.9 Å². The molecule has 1 fully saturated rings. The van der Waals surface area contributed by atoms with Gasteiger partial charge >= 0.3 is 0 Å². The molecule has 5 nitrogen and oxygen atoms in total. The van der Waals surface area contributed by atoms with Gasteiger partial charge < -0.3 is 14.5 Å². The Labute approximate surface area is 210 Å². The fourth-order valence-electron chi connectivity index (χ4n) is 5.31. The summed E-state index contributed by atoms with van der Waals surface area (Å²) in [7, 11) is 1.66. The molecule has 1 unspecified atom stereocenters. The number of carbonyl (C=O) groups is 1. The van der Waals surface area contributed by atoms with Crippen LogP contribution in [-0.2, 0) is 4.79 Å². The third-order valence-electron chi connectivity index (χ3n) is 7.28. The summed E-state index contributed by atoms with van der Waals surface area (Å²) < 4.78 is 33.1. The molecule has 2 aliphatic rings. The number of carbonyl (C=O) groups excluding carboxylic acids is 1. The molecule has 7 heteroatoms. The lowest BCUT2D eigenvalue weighted by atomic mass is 9.87. The Balaban J connectivity index is 1.28. The van der Waals surface area contributed by atoms with E-state index in [1.165, 1.54) is 24.3 Å². The predicted molar refractivity (Wildman–Crippen MR) is 138 cm³/mol. The molecule has 0 aromatic heterocycles. The molecule has 0 N–H and O–H groups in total. The predicted octanol–water partition coefficient (Wildman–Crippen LogP) is 5.05. The summed E-state index contributed by atoms with van der Waals surface area (Å²) in [6.45, 7) is 4.06. The number of hydrogen-bond acceptors (Lipinski definition) is 4. The molecule has 36 heavy (non-hydrogen) atoms. The van der Waals surface area contributed by atoms with Gasteiger partial charge in [-0.3, -0.25) is 9.69 Å². The van der Waals surface area contributed by atoms with Crippen LogP contribution in [0.25, 0.3) is 0 Å². The summed E-state index contributed by atoms with van der Waals surface area (Å²) in [5.74, 6) is 0.167. The first-order valence-corrected chi connectivity index (χ1v) is 12.5. The smallest absolute Gasteiger partial charge is 0.241 e. The minimum absolute atomic E-state index is 0.00737. The van der Waals surface area contributed by atoms with Crippen LogP contribution in [0, 0.1) is 11.6 Å². The molecule has 1 atom stereocenters. The van der Waals surface area contributed by atoms with Crippen molar-refractivity contribution in [3.63, 3.8) is 0 Å². The van der Waals surface area contributed by atoms with E-state index >= 15 is 0 Å². The maximum atomic E-state index is 14.3. The number of piperazine rings is 1. The van der Waals surface area contributed by atoms with Crippen molar-refractivity contribution in [2.75, 3.05) is 56.2 Å². The Morgan fingerprint density at radius 1 is 0.889 bits per heavy atom. The van der Waals surface area contributed by atoms with E-state index in [1.807, 2.05) is 12.1 Å². The molecule has 0 radical (unpaired) electrons. The Morgan fingerprint density at radius 2 is 1.58 bits per heavy atom. The van der Waals surface area contributed by atoms with Crippen molar-refractivity contribution in [2.45, 2.75) is 18.8 Å². The SMILES string of the molecule is COc1ccc(N2CCN(CC(=O)N3CCCC(c4ccc(F)cc4)c4ccc(F)cc43)CC2)cc1. The highest BCUT2D eigenvalue weighted by Gasteiger charge is 2.29. The van der Waals surface area contributed by atoms with E-state index in [1.54, 1.807) is 30.2 Å². The van der Waals surface area contributed by atoms with Crippen LogP contribution in [0.4, 0.5) is 20.2 Å². The Morgan fingerprint density at radius 3 is 2.28 bits per heavy atom. The summed E-state index contributed by atoms with van der Waals surface area (Å²) in [5, 5.41) is 0. The van der Waals surface area contributed by atoms with Gasteiger partial charge in [0.25, 0.3) is 0 Å². The van der Waals surface area contributed by atoms with Crippen LogP contribution in [0.15, 0.2) is 66.7 Å². The number of benzene rings is 3. The fourth-order valence-corrected chi connectivity index (χ4v) is 5.31. The molecule has 5 rings (SSSR count). The Bertz CT molecular complexity index is 1190. The Kier molecular flexibility index (Phi) is 7.18. The molecule has 2 heterocycles. The lowest BCUT2D eigenvalue weighted by Crippen LogP contribution is -2.50. The first-order chi connectivity index (χ1) is 17.5. The van der Waals surface area contributed by atoms with E-state index in [-0.39, 0.29) is 23.5 Å². The zero-order valence-corrected chi connectivity index (χ0v) is 20.5. The third-order valence-corrected chi connectivity index (χ3v) is 7.28. The first kappa shape index (κ1) is 24.3. The highest BCUT2D eigenvalue weighted by molar-refractivity contribution is 5.96. The van der Waals surface area contributed by atoms with E-state index in [2.05, 4.69) is 21.9 Å². The zero-order valence-electron chi connectivity index (χ0n) is 20.5. The van der Waals surface area contributed by atoms with Gasteiger partial charge in [0, 0.05) is 44.3 Å². The molecule has 3 aromatic carbocycles. The third kappa shape index (κ3) is 5.21. The molecular formula is C29H31F2N3O2. The van der Waals surface area contributed by atoms with Gasteiger partial charge in [-0.15, -0.1) is 0 Å². The highest BCUT2D eigenvalue weighted by atomic mass is 19.1. The second-order valence-electron chi connectivity index (χ2n) is 9.46. The molecule has 188 valence electrons. The number of fused-ring (bicyclic) bond motifs is 1. The van der Waals surface area contributed by atoms with E-state index < -0.39 is 0 Å². The molecule has 0 bridgehead atoms. The molecule has 0 aliphatic carbocycles. The number of ether oxygens (including phenoxy) is 1. The van der Waals surface area contributed by atoms with Crippen molar-refractivity contribution in [2.24, 2.45) is 0 Å². The van der Waals surface area contributed by atoms with E-state index in [4.69, 9.17) is 4.74 Å². The monoisotopic (exact) mass is 491 g/mol. The summed E-state index contributed by atoms with van der Waals surface area (Å²) in [5.41, 5.74) is 3.67. The lowest BCUT2D eigenvalue weighted by molar-refractivity contribution is -0.119. The number of amides is 1. The van der Waals surface area contributed by atoms with Crippen molar-refractivity contribution >= 4 is 17.3 Å². The lowest BCUT2D eigenvalue weighted by Gasteiger charge is -2.36. The molecule has 3 aromatic rings. The first-order valence-electron chi connectivity index (χ1n) is 12.5. The maximum Gasteiger partial charge on any atom is 0.241 e. The van der Waals surface area contributed by atoms with Crippen LogP contribution in [-0.4, -0.2) is 57.2 Å². The molecule has 2 aliphatic heterocycles. The molecule has 0 saturated carbocycles. The minimum atomic E-state index is -0.362. The number of halogens is 2. The second-order valence-corrected chi connectivity index (χ2v) is 9.46. The van der Waals surface area contributed by atoms with E-state index in [0.717, 1.165) is 61.6 Å². The average molecular weight is 492 g/mol. The number of anilines is 2. The molecule has 0 spiro atoms. The molecule has 1 saturated heterocycles. The average Bonchev–Trinajstić information content (AvgIpc) is 3.09. The molecular weight excluding hydrogens is 460 g/mol. The Hall–Kier alpha value is -3.45. The van der Waals surface area contributed by atoms with Crippen molar-refractivity contribution in [1.29, 1.82) is 0 Å². The normalized spacial score (nSPS) is 18.5. The number of methoxy groups -OCH3 is 1. The number of nitrogens with zero attached hydrogens (tertiary/aromatic N) is 3. The standard InChI is InChI=1S/C29H31F2N3O2/c1-36-25-11-9-24(10-12-25)33-17-15-32(16-18-33)20-29(35)34-14-2-3-26(21-4-6-22(30)7-5-21)27-13-8-23(31)19-28(27)34/h4-13,19,26H,2-3,14-18,20H2,1H3. The van der Waals surface area contributed by atoms with Crippen LogP contribution in [0.3, 0.4) is 0 Å². The minimum Gasteiger partial charge on any atom is -0.497 e. The summed E-state index contributed by atoms with van der Waals surface area (Å²) >= 11 is 0. The molecule has 1 amide bonds. The van der Waals surface area contributed by atoms with Crippen molar-refractivity contribution in [3.05, 3.63) is 89.5 Å². The quantitative estimate of drug-likeness (QED) is 0.500. The van der Waals surface area contributed by atoms with Gasteiger partial charge in [-0.2, -0.15) is 0 Å². The van der Waals surface area contributed by atoms with Gasteiger partial charge in [-0.25, -0.2) is 8.78 Å². The maximum absolute atomic E-state index is 14.3. The van der Waals surface area contributed by atoms with Gasteiger partial charge in [0.05, 0.1) is 19.3 Å². The topological polar surface area (TPSA) is 36.0 Å². The van der Waals surface area contributed by atoms with Gasteiger partial charge in [0.2, 0.25) is 5.91 Å². The van der Waals surface area contributed by atoms with E-state index in [0.29, 0.717) is 18.8 Å². The van der Waals surface area contributed by atoms with Crippen molar-refractivity contribution in [1.82, 2.24) is 4.90 Å². The van der Waals surface area contributed by atoms with Gasteiger partial charge in [0.15, 0.2) is 0 Å². The van der Waals surface area contributed by atoms with Crippen LogP contribution in [0.5, 0.6) is 5.75 Å². The zero-order chi connectivity index (χ0) is 25.1. The van der Waals surface area contributed by atoms with Crippen molar-refractivity contribution < 1.29 is 18.3 Å². The number of rotatable bonds is 5. The second kappa shape index (κ2) is 10.7. The van der Waals surface area contributed by atoms with Gasteiger partial charge in [-0.1, -0.05) is 18.2 Å². The van der Waals surface area contributed by atoms with Crippen LogP contribution in [0.2, 0.25) is 0 Å². The number of hydrogen-bond donors (Lipinski definition) is 0. The van der Waals surface area contributed by atoms with Gasteiger partial charge in [0.1, 0.15) is 17.4 Å². The highest BCUT2D eigenvalue weighted by Crippen LogP contribution is 2.39. The van der Waals surface area contributed by atoms with Crippen molar-refractivity contribution in [3.8, 4) is 5.75 Å². The van der Waals surface area contributed by atoms with Crippen LogP contribution < -0.4 is 14.5 Å². The summed E-state index contributed by atoms with van der Waals surface area (Å²) in [4.78, 5) is 19.7. The fraction of sp³-hybridized carbons (Fsp3) is 0.345. The van der Waals surface area contributed by atoms with E-state index in [9.17, 15) is 13.6 Å². The summed E-state index contributed by atoms with van der Waals surface area (Å²) in [6, 6.07) is 19.2. The largest absolute Gasteiger partial charge is 0.497 e. The summed E-state index contributed by atoms with van der Waals surface area (Å²) in [6.07, 6.45) is 1.60.